The van der Waals surface area contributed by atoms with Crippen molar-refractivity contribution in [2.75, 3.05) is 0 Å². The molecule has 0 saturated carbocycles. The second-order valence-corrected chi connectivity index (χ2v) is 4.20. The molecule has 3 heteroatoms. The molecule has 0 aliphatic rings. The van der Waals surface area contributed by atoms with Crippen LogP contribution in [0.5, 0.6) is 0 Å². The van der Waals surface area contributed by atoms with Gasteiger partial charge in [-0.2, -0.15) is 0 Å². The molecule has 0 radical (unpaired) electrons. The van der Waals surface area contributed by atoms with Crippen molar-refractivity contribution < 1.29 is 0 Å². The third kappa shape index (κ3) is 0.930. The van der Waals surface area contributed by atoms with Gasteiger partial charge in [0, 0.05) is 22.3 Å². The van der Waals surface area contributed by atoms with E-state index in [0.29, 0.717) is 0 Å². The summed E-state index contributed by atoms with van der Waals surface area (Å²) in [5, 5.41) is 1.13. The lowest BCUT2D eigenvalue weighted by atomic mass is 10.2. The van der Waals surface area contributed by atoms with Crippen molar-refractivity contribution in [1.82, 2.24) is 4.98 Å². The van der Waals surface area contributed by atoms with Gasteiger partial charge in [-0.25, -0.2) is 0 Å². The number of aromatic nitrogens is 1. The van der Waals surface area contributed by atoms with Crippen molar-refractivity contribution in [2.45, 2.75) is 0 Å². The number of hydrogen-bond acceptors (Lipinski definition) is 2. The molecule has 0 bridgehead atoms. The number of fused-ring (bicyclic) bond motifs is 3. The standard InChI is InChI=1S/C11H7NOS/c13-8-5-6-12-10-7-3-1-2-4-9(7)14-11(8)10/h1-6H,(H,12,13). The highest BCUT2D eigenvalue weighted by Gasteiger charge is 2.05. The molecule has 68 valence electrons. The highest BCUT2D eigenvalue weighted by molar-refractivity contribution is 7.25. The molecule has 0 spiro atoms. The summed E-state index contributed by atoms with van der Waals surface area (Å²) in [5.74, 6) is 0. The van der Waals surface area contributed by atoms with Crippen molar-refractivity contribution in [2.24, 2.45) is 0 Å². The van der Waals surface area contributed by atoms with Crippen molar-refractivity contribution >= 4 is 31.6 Å². The molecule has 1 N–H and O–H groups in total. The SMILES string of the molecule is O=c1cc[nH]c2c1sc1ccccc12. The van der Waals surface area contributed by atoms with E-state index in [4.69, 9.17) is 0 Å². The van der Waals surface area contributed by atoms with E-state index in [1.807, 2.05) is 24.3 Å². The fraction of sp³-hybridized carbons (Fsp3) is 0. The van der Waals surface area contributed by atoms with Gasteiger partial charge in [0.05, 0.1) is 10.2 Å². The van der Waals surface area contributed by atoms with Gasteiger partial charge in [0.1, 0.15) is 0 Å². The predicted octanol–water partition coefficient (Wildman–Crippen LogP) is 2.74. The zero-order valence-electron chi connectivity index (χ0n) is 7.28. The molecule has 0 aliphatic carbocycles. The minimum atomic E-state index is 0.0972. The highest BCUT2D eigenvalue weighted by atomic mass is 32.1. The number of rotatable bonds is 0. The van der Waals surface area contributed by atoms with Gasteiger partial charge in [-0.1, -0.05) is 18.2 Å². The monoisotopic (exact) mass is 201 g/mol. The predicted molar refractivity (Wildman–Crippen MR) is 60.0 cm³/mol. The summed E-state index contributed by atoms with van der Waals surface area (Å²) in [7, 11) is 0. The lowest BCUT2D eigenvalue weighted by Gasteiger charge is -1.89. The quantitative estimate of drug-likeness (QED) is 0.596. The van der Waals surface area contributed by atoms with Gasteiger partial charge in [0.15, 0.2) is 5.43 Å². The van der Waals surface area contributed by atoms with Crippen LogP contribution < -0.4 is 5.43 Å². The maximum Gasteiger partial charge on any atom is 0.199 e. The van der Waals surface area contributed by atoms with Crippen LogP contribution in [0.1, 0.15) is 0 Å². The maximum atomic E-state index is 11.5. The van der Waals surface area contributed by atoms with Gasteiger partial charge in [0.2, 0.25) is 0 Å². The molecule has 14 heavy (non-hydrogen) atoms. The second kappa shape index (κ2) is 2.69. The Bertz CT molecular complexity index is 665. The molecule has 3 aromatic rings. The summed E-state index contributed by atoms with van der Waals surface area (Å²) in [5.41, 5.74) is 1.05. The Morgan fingerprint density at radius 2 is 2.00 bits per heavy atom. The molecule has 2 heterocycles. The van der Waals surface area contributed by atoms with Crippen LogP contribution in [-0.2, 0) is 0 Å². The number of hydrogen-bond donors (Lipinski definition) is 1. The lowest BCUT2D eigenvalue weighted by Crippen LogP contribution is -1.95. The third-order valence-electron chi connectivity index (χ3n) is 2.28. The van der Waals surface area contributed by atoms with Crippen LogP contribution in [0.2, 0.25) is 0 Å². The Labute approximate surface area is 83.8 Å². The van der Waals surface area contributed by atoms with Crippen LogP contribution in [0.15, 0.2) is 41.3 Å². The van der Waals surface area contributed by atoms with Crippen molar-refractivity contribution in [3.8, 4) is 0 Å². The van der Waals surface area contributed by atoms with Crippen LogP contribution in [0.4, 0.5) is 0 Å². The van der Waals surface area contributed by atoms with Crippen molar-refractivity contribution in [3.63, 3.8) is 0 Å². The summed E-state index contributed by atoms with van der Waals surface area (Å²) in [6.07, 6.45) is 1.70. The normalized spacial score (nSPS) is 11.1. The third-order valence-corrected chi connectivity index (χ3v) is 3.47. The number of pyridine rings is 1. The average molecular weight is 201 g/mol. The molecule has 0 aliphatic heterocycles. The Kier molecular flexibility index (Phi) is 1.49. The number of thiophene rings is 1. The van der Waals surface area contributed by atoms with Crippen LogP contribution in [0, 0.1) is 0 Å². The van der Waals surface area contributed by atoms with Crippen LogP contribution in [0.25, 0.3) is 20.3 Å². The minimum Gasteiger partial charge on any atom is -0.360 e. The summed E-state index contributed by atoms with van der Waals surface area (Å²) in [4.78, 5) is 14.7. The zero-order chi connectivity index (χ0) is 9.54. The number of nitrogens with one attached hydrogen (secondary N) is 1. The van der Waals surface area contributed by atoms with Crippen LogP contribution in [-0.4, -0.2) is 4.98 Å². The molecule has 0 atom stereocenters. The maximum absolute atomic E-state index is 11.5. The topological polar surface area (TPSA) is 32.9 Å². The smallest absolute Gasteiger partial charge is 0.199 e. The average Bonchev–Trinajstić information content (AvgIpc) is 2.59. The summed E-state index contributed by atoms with van der Waals surface area (Å²) >= 11 is 1.54. The van der Waals surface area contributed by atoms with Gasteiger partial charge in [-0.3, -0.25) is 4.79 Å². The van der Waals surface area contributed by atoms with Gasteiger partial charge < -0.3 is 4.98 Å². The Hall–Kier alpha value is -1.61. The van der Waals surface area contributed by atoms with E-state index in [0.717, 1.165) is 20.3 Å². The van der Waals surface area contributed by atoms with Crippen LogP contribution >= 0.6 is 11.3 Å². The van der Waals surface area contributed by atoms with E-state index in [9.17, 15) is 4.79 Å². The lowest BCUT2D eigenvalue weighted by molar-refractivity contribution is 1.42. The first-order chi connectivity index (χ1) is 6.86. The van der Waals surface area contributed by atoms with Crippen molar-refractivity contribution in [1.29, 1.82) is 0 Å². The van der Waals surface area contributed by atoms with Gasteiger partial charge in [-0.15, -0.1) is 11.3 Å². The molecule has 2 aromatic heterocycles. The molecule has 0 fully saturated rings. The Morgan fingerprint density at radius 1 is 1.14 bits per heavy atom. The van der Waals surface area contributed by atoms with E-state index in [1.165, 1.54) is 0 Å². The van der Waals surface area contributed by atoms with Gasteiger partial charge in [-0.05, 0) is 6.07 Å². The zero-order valence-corrected chi connectivity index (χ0v) is 8.10. The van der Waals surface area contributed by atoms with E-state index in [1.54, 1.807) is 23.6 Å². The summed E-state index contributed by atoms with van der Waals surface area (Å²) < 4.78 is 1.97. The summed E-state index contributed by atoms with van der Waals surface area (Å²) in [6.45, 7) is 0. The van der Waals surface area contributed by atoms with Crippen molar-refractivity contribution in [3.05, 3.63) is 46.8 Å². The molecule has 0 amide bonds. The van der Waals surface area contributed by atoms with E-state index >= 15 is 0 Å². The van der Waals surface area contributed by atoms with E-state index in [2.05, 4.69) is 4.98 Å². The molecule has 0 unspecified atom stereocenters. The first-order valence-corrected chi connectivity index (χ1v) is 5.17. The first kappa shape index (κ1) is 7.76. The van der Waals surface area contributed by atoms with Gasteiger partial charge in [0.25, 0.3) is 0 Å². The number of H-pyrrole nitrogens is 1. The first-order valence-electron chi connectivity index (χ1n) is 4.35. The second-order valence-electron chi connectivity index (χ2n) is 3.14. The fourth-order valence-corrected chi connectivity index (χ4v) is 2.72. The molecular weight excluding hydrogens is 194 g/mol. The summed E-state index contributed by atoms with van der Waals surface area (Å²) in [6, 6.07) is 9.61. The Morgan fingerprint density at radius 3 is 2.93 bits per heavy atom. The number of aromatic amines is 1. The molecule has 0 saturated heterocycles. The molecule has 3 rings (SSSR count). The van der Waals surface area contributed by atoms with Gasteiger partial charge >= 0.3 is 0 Å². The van der Waals surface area contributed by atoms with Crippen LogP contribution in [0.3, 0.4) is 0 Å². The fourth-order valence-electron chi connectivity index (χ4n) is 1.64. The highest BCUT2D eigenvalue weighted by Crippen LogP contribution is 2.29. The molecule has 2 nitrogen and oxygen atoms in total. The molecule has 1 aromatic carbocycles. The minimum absolute atomic E-state index is 0.0972. The number of benzene rings is 1. The molecular formula is C11H7NOS. The Balaban J connectivity index is 2.70. The van der Waals surface area contributed by atoms with E-state index < -0.39 is 0 Å². The van der Waals surface area contributed by atoms with E-state index in [-0.39, 0.29) is 5.43 Å². The largest absolute Gasteiger partial charge is 0.360 e.